The number of carbonyl (C=O) groups excluding carboxylic acids is 3. The summed E-state index contributed by atoms with van der Waals surface area (Å²) >= 11 is 0. The summed E-state index contributed by atoms with van der Waals surface area (Å²) in [6.45, 7) is 14.3. The standard InChI is InChI=1S/C18H25N3O.C15H17N3O2/c1-6-9-15(18(22)19-7-2)16-14-11-8-10-13(12(3)4)17(14)21(5)20-16;1-8(2)9-3-4-10-12(7-9)17-18-14(10)11-5-6-13(19)16-15(11)20/h7-8,10-12,15H,2,6,9H2,1,3-5H3,(H,19,22);3-4,7-8,11H,5-6H2,1-2H3,(H,17,18)(H,16,19,20). The molecule has 222 valence electrons. The molecule has 0 radical (unpaired) electrons. The average molecular weight is 571 g/mol. The smallest absolute Gasteiger partial charge is 0.235 e. The summed E-state index contributed by atoms with van der Waals surface area (Å²) in [6.07, 6.45) is 4.05. The van der Waals surface area contributed by atoms with Crippen LogP contribution in [0.3, 0.4) is 0 Å². The van der Waals surface area contributed by atoms with E-state index in [-0.39, 0.29) is 29.6 Å². The molecule has 0 bridgehead atoms. The van der Waals surface area contributed by atoms with Gasteiger partial charge < -0.3 is 5.32 Å². The minimum atomic E-state index is -0.317. The number of rotatable bonds is 8. The Morgan fingerprint density at radius 1 is 1.14 bits per heavy atom. The van der Waals surface area contributed by atoms with Crippen LogP contribution in [0.1, 0.15) is 106 Å². The topological polar surface area (TPSA) is 122 Å². The molecule has 1 aliphatic rings. The lowest BCUT2D eigenvalue weighted by Gasteiger charge is -2.19. The third-order valence-electron chi connectivity index (χ3n) is 7.88. The number of aromatic nitrogens is 4. The van der Waals surface area contributed by atoms with Crippen molar-refractivity contribution in [3.8, 4) is 0 Å². The van der Waals surface area contributed by atoms with Gasteiger partial charge in [-0.15, -0.1) is 0 Å². The molecule has 0 aliphatic carbocycles. The number of nitrogens with one attached hydrogen (secondary N) is 3. The monoisotopic (exact) mass is 570 g/mol. The van der Waals surface area contributed by atoms with Crippen molar-refractivity contribution < 1.29 is 14.4 Å². The molecule has 2 unspecified atom stereocenters. The molecular weight excluding hydrogens is 528 g/mol. The van der Waals surface area contributed by atoms with Crippen molar-refractivity contribution in [3.63, 3.8) is 0 Å². The Kier molecular flexibility index (Phi) is 9.60. The Morgan fingerprint density at radius 3 is 2.55 bits per heavy atom. The highest BCUT2D eigenvalue weighted by molar-refractivity contribution is 6.02. The summed E-state index contributed by atoms with van der Waals surface area (Å²) in [5.74, 6) is -0.172. The lowest BCUT2D eigenvalue weighted by Crippen LogP contribution is -2.39. The van der Waals surface area contributed by atoms with Crippen LogP contribution in [0.5, 0.6) is 0 Å². The van der Waals surface area contributed by atoms with Crippen LogP contribution in [0.25, 0.3) is 21.8 Å². The Balaban J connectivity index is 0.000000193. The predicted octanol–water partition coefficient (Wildman–Crippen LogP) is 6.05. The van der Waals surface area contributed by atoms with Crippen LogP contribution in [-0.4, -0.2) is 37.7 Å². The van der Waals surface area contributed by atoms with Gasteiger partial charge in [0.2, 0.25) is 17.7 Å². The van der Waals surface area contributed by atoms with Crippen LogP contribution < -0.4 is 10.6 Å². The van der Waals surface area contributed by atoms with E-state index in [2.05, 4.69) is 91.4 Å². The molecule has 3 N–H and O–H groups in total. The molecule has 9 nitrogen and oxygen atoms in total. The molecule has 5 rings (SSSR count). The third-order valence-corrected chi connectivity index (χ3v) is 7.88. The number of H-pyrrole nitrogens is 1. The van der Waals surface area contributed by atoms with E-state index < -0.39 is 0 Å². The summed E-state index contributed by atoms with van der Waals surface area (Å²) in [5.41, 5.74) is 6.15. The van der Waals surface area contributed by atoms with E-state index in [1.165, 1.54) is 17.3 Å². The van der Waals surface area contributed by atoms with Crippen molar-refractivity contribution in [2.45, 2.75) is 84.0 Å². The zero-order valence-electron chi connectivity index (χ0n) is 25.5. The van der Waals surface area contributed by atoms with E-state index in [9.17, 15) is 14.4 Å². The van der Waals surface area contributed by atoms with Crippen LogP contribution in [0.15, 0.2) is 49.2 Å². The van der Waals surface area contributed by atoms with Crippen molar-refractivity contribution in [1.29, 1.82) is 0 Å². The fourth-order valence-electron chi connectivity index (χ4n) is 5.64. The first kappa shape index (κ1) is 30.7. The second-order valence-electron chi connectivity index (χ2n) is 11.5. The quantitative estimate of drug-likeness (QED) is 0.223. The van der Waals surface area contributed by atoms with Gasteiger partial charge >= 0.3 is 0 Å². The second-order valence-corrected chi connectivity index (χ2v) is 11.5. The van der Waals surface area contributed by atoms with Gasteiger partial charge in [0.1, 0.15) is 0 Å². The number of imide groups is 1. The van der Waals surface area contributed by atoms with E-state index in [0.717, 1.165) is 46.0 Å². The highest BCUT2D eigenvalue weighted by Crippen LogP contribution is 2.33. The van der Waals surface area contributed by atoms with Crippen molar-refractivity contribution >= 4 is 39.5 Å². The summed E-state index contributed by atoms with van der Waals surface area (Å²) in [6, 6.07) is 12.4. The van der Waals surface area contributed by atoms with E-state index in [0.29, 0.717) is 24.7 Å². The Labute approximate surface area is 247 Å². The van der Waals surface area contributed by atoms with E-state index in [1.54, 1.807) is 0 Å². The van der Waals surface area contributed by atoms with Crippen LogP contribution in [0, 0.1) is 0 Å². The van der Waals surface area contributed by atoms with Crippen molar-refractivity contribution in [3.05, 3.63) is 71.7 Å². The fourth-order valence-corrected chi connectivity index (χ4v) is 5.64. The molecule has 2 atom stereocenters. The first-order valence-corrected chi connectivity index (χ1v) is 14.8. The van der Waals surface area contributed by atoms with Crippen LogP contribution >= 0.6 is 0 Å². The number of aryl methyl sites for hydroxylation is 1. The van der Waals surface area contributed by atoms with Crippen molar-refractivity contribution in [2.75, 3.05) is 0 Å². The summed E-state index contributed by atoms with van der Waals surface area (Å²) < 4.78 is 1.91. The molecule has 0 spiro atoms. The fraction of sp³-hybridized carbons (Fsp3) is 0.424. The molecular formula is C33H42N6O3. The van der Waals surface area contributed by atoms with Gasteiger partial charge in [0.05, 0.1) is 34.3 Å². The predicted molar refractivity (Wildman–Crippen MR) is 166 cm³/mol. The zero-order chi connectivity index (χ0) is 30.6. The Hall–Kier alpha value is -4.27. The number of hydrogen-bond donors (Lipinski definition) is 3. The summed E-state index contributed by atoms with van der Waals surface area (Å²) in [4.78, 5) is 35.5. The number of aromatic amines is 1. The third kappa shape index (κ3) is 6.30. The van der Waals surface area contributed by atoms with Crippen molar-refractivity contribution in [2.24, 2.45) is 7.05 Å². The van der Waals surface area contributed by atoms with Gasteiger partial charge in [0, 0.05) is 24.2 Å². The molecule has 1 fully saturated rings. The van der Waals surface area contributed by atoms with Crippen LogP contribution in [-0.2, 0) is 21.4 Å². The summed E-state index contributed by atoms with van der Waals surface area (Å²) in [7, 11) is 1.95. The normalized spacial score (nSPS) is 16.0. The molecule has 1 saturated heterocycles. The molecule has 4 aromatic rings. The lowest BCUT2D eigenvalue weighted by atomic mass is 9.92. The largest absolute Gasteiger partial charge is 0.333 e. The SMILES string of the molecule is C=CNC(=O)C(CCC)c1nn(C)c2c(C(C)C)cccc12.CC(C)c1ccc2c(C3CCC(=O)NC3=O)[nH]nc2c1. The first-order valence-electron chi connectivity index (χ1n) is 14.8. The highest BCUT2D eigenvalue weighted by Gasteiger charge is 2.30. The van der Waals surface area contributed by atoms with Gasteiger partial charge in [-0.2, -0.15) is 10.2 Å². The van der Waals surface area contributed by atoms with Crippen LogP contribution in [0.2, 0.25) is 0 Å². The minimum Gasteiger partial charge on any atom is -0.333 e. The van der Waals surface area contributed by atoms with Gasteiger partial charge in [0.15, 0.2) is 0 Å². The molecule has 3 heterocycles. The molecule has 0 saturated carbocycles. The number of hydrogen-bond acceptors (Lipinski definition) is 5. The number of benzene rings is 2. The molecule has 1 aliphatic heterocycles. The number of fused-ring (bicyclic) bond motifs is 2. The number of nitrogens with zero attached hydrogens (tertiary/aromatic N) is 3. The number of amides is 3. The number of carbonyl (C=O) groups is 3. The molecule has 2 aromatic carbocycles. The second kappa shape index (κ2) is 13.1. The maximum atomic E-state index is 12.4. The van der Waals surface area contributed by atoms with E-state index in [1.807, 2.05) is 23.9 Å². The maximum absolute atomic E-state index is 12.4. The van der Waals surface area contributed by atoms with Gasteiger partial charge in [-0.05, 0) is 48.1 Å². The van der Waals surface area contributed by atoms with Gasteiger partial charge in [-0.25, -0.2) is 0 Å². The molecule has 42 heavy (non-hydrogen) atoms. The van der Waals surface area contributed by atoms with Gasteiger partial charge in [-0.3, -0.25) is 29.5 Å². The minimum absolute atomic E-state index is 0.0354. The lowest BCUT2D eigenvalue weighted by molar-refractivity contribution is -0.134. The van der Waals surface area contributed by atoms with Crippen molar-refractivity contribution in [1.82, 2.24) is 30.6 Å². The zero-order valence-corrected chi connectivity index (χ0v) is 25.5. The molecule has 3 amide bonds. The molecule has 9 heteroatoms. The van der Waals surface area contributed by atoms with Crippen LogP contribution in [0.4, 0.5) is 0 Å². The van der Waals surface area contributed by atoms with Gasteiger partial charge in [-0.1, -0.05) is 78.0 Å². The average Bonchev–Trinajstić information content (AvgIpc) is 3.52. The van der Waals surface area contributed by atoms with Gasteiger partial charge in [0.25, 0.3) is 0 Å². The number of para-hydroxylation sites is 1. The maximum Gasteiger partial charge on any atom is 0.235 e. The first-order chi connectivity index (χ1) is 20.1. The van der Waals surface area contributed by atoms with E-state index in [4.69, 9.17) is 0 Å². The molecule has 2 aromatic heterocycles. The van der Waals surface area contributed by atoms with E-state index >= 15 is 0 Å². The highest BCUT2D eigenvalue weighted by atomic mass is 16.2. The summed E-state index contributed by atoms with van der Waals surface area (Å²) in [5, 5.41) is 19.1. The Bertz CT molecular complexity index is 1610. The Morgan fingerprint density at radius 2 is 1.90 bits per heavy atom. The number of piperidine rings is 1.